The highest BCUT2D eigenvalue weighted by Gasteiger charge is 2.23. The lowest BCUT2D eigenvalue weighted by atomic mass is 9.96. The number of nitrogens with zero attached hydrogens (tertiary/aromatic N) is 2. The van der Waals surface area contributed by atoms with Gasteiger partial charge in [-0.05, 0) is 49.0 Å². The second-order valence-corrected chi connectivity index (χ2v) is 7.89. The molecule has 8 heteroatoms. The zero-order valence-corrected chi connectivity index (χ0v) is 17.5. The van der Waals surface area contributed by atoms with E-state index in [4.69, 9.17) is 21.1 Å². The van der Waals surface area contributed by atoms with Crippen LogP contribution in [0.4, 0.5) is 5.00 Å². The Kier molecular flexibility index (Phi) is 6.43. The number of halogens is 1. The molecule has 1 heterocycles. The van der Waals surface area contributed by atoms with E-state index in [0.29, 0.717) is 32.6 Å². The fourth-order valence-electron chi connectivity index (χ4n) is 3.23. The quantitative estimate of drug-likeness (QED) is 0.550. The lowest BCUT2D eigenvalue weighted by Gasteiger charge is -2.10. The van der Waals surface area contributed by atoms with Gasteiger partial charge in [0.05, 0.1) is 24.8 Å². The van der Waals surface area contributed by atoms with E-state index in [1.165, 1.54) is 31.6 Å². The first-order valence-corrected chi connectivity index (χ1v) is 10.1. The van der Waals surface area contributed by atoms with E-state index < -0.39 is 5.91 Å². The van der Waals surface area contributed by atoms with Gasteiger partial charge in [-0.25, -0.2) is 0 Å². The number of benzene rings is 1. The van der Waals surface area contributed by atoms with Gasteiger partial charge in [-0.15, -0.1) is 11.3 Å². The summed E-state index contributed by atoms with van der Waals surface area (Å²) in [5.74, 6) is 0.285. The number of nitriles is 2. The lowest BCUT2D eigenvalue weighted by Crippen LogP contribution is -2.13. The minimum absolute atomic E-state index is 0.130. The van der Waals surface area contributed by atoms with Gasteiger partial charge in [-0.3, -0.25) is 4.79 Å². The first kappa shape index (κ1) is 20.7. The highest BCUT2D eigenvalue weighted by Crippen LogP contribution is 2.38. The summed E-state index contributed by atoms with van der Waals surface area (Å²) < 4.78 is 10.4. The van der Waals surface area contributed by atoms with E-state index in [1.807, 2.05) is 6.07 Å². The molecular formula is C21H18ClN3O3S. The number of carbonyl (C=O) groups excluding carboxylic acids is 1. The SMILES string of the molecule is COc1cc(Cl)c(C=C(C#N)C(=O)Nc2sc3c(c2C#N)CCCC3)cc1OC. The van der Waals surface area contributed by atoms with Crippen LogP contribution >= 0.6 is 22.9 Å². The van der Waals surface area contributed by atoms with Crippen molar-refractivity contribution >= 4 is 39.9 Å². The van der Waals surface area contributed by atoms with E-state index in [-0.39, 0.29) is 5.57 Å². The van der Waals surface area contributed by atoms with Crippen molar-refractivity contribution in [3.63, 3.8) is 0 Å². The molecule has 0 radical (unpaired) electrons. The molecule has 2 aromatic rings. The smallest absolute Gasteiger partial charge is 0.266 e. The van der Waals surface area contributed by atoms with Gasteiger partial charge in [0.15, 0.2) is 11.5 Å². The second kappa shape index (κ2) is 9.00. The predicted molar refractivity (Wildman–Crippen MR) is 112 cm³/mol. The molecule has 1 amide bonds. The topological polar surface area (TPSA) is 95.1 Å². The average Bonchev–Trinajstić information content (AvgIpc) is 3.09. The molecule has 0 saturated carbocycles. The summed E-state index contributed by atoms with van der Waals surface area (Å²) in [6, 6.07) is 7.25. The van der Waals surface area contributed by atoms with Crippen LogP contribution in [0, 0.1) is 22.7 Å². The van der Waals surface area contributed by atoms with Crippen molar-refractivity contribution in [1.29, 1.82) is 10.5 Å². The van der Waals surface area contributed by atoms with Crippen LogP contribution in [-0.4, -0.2) is 20.1 Å². The van der Waals surface area contributed by atoms with Crippen molar-refractivity contribution in [1.82, 2.24) is 0 Å². The van der Waals surface area contributed by atoms with Crippen molar-refractivity contribution in [3.05, 3.63) is 44.3 Å². The van der Waals surface area contributed by atoms with Gasteiger partial charge in [0, 0.05) is 10.9 Å². The minimum Gasteiger partial charge on any atom is -0.493 e. The van der Waals surface area contributed by atoms with Gasteiger partial charge in [-0.2, -0.15) is 10.5 Å². The van der Waals surface area contributed by atoms with Gasteiger partial charge in [0.1, 0.15) is 22.7 Å². The summed E-state index contributed by atoms with van der Waals surface area (Å²) in [4.78, 5) is 13.8. The number of rotatable bonds is 5. The Hall–Kier alpha value is -3.00. The molecule has 0 bridgehead atoms. The summed E-state index contributed by atoms with van der Waals surface area (Å²) in [5, 5.41) is 22.6. The number of hydrogen-bond acceptors (Lipinski definition) is 6. The molecule has 1 aliphatic rings. The monoisotopic (exact) mass is 427 g/mol. The Bertz CT molecular complexity index is 1080. The standard InChI is InChI=1S/C21H18ClN3O3S/c1-27-17-8-12(16(22)9-18(17)28-2)7-13(10-23)20(26)25-21-15(11-24)14-5-3-4-6-19(14)29-21/h7-9H,3-6H2,1-2H3,(H,25,26). The molecule has 0 spiro atoms. The number of nitrogens with one attached hydrogen (secondary N) is 1. The van der Waals surface area contributed by atoms with Gasteiger partial charge in [-0.1, -0.05) is 11.6 Å². The van der Waals surface area contributed by atoms with Gasteiger partial charge in [0.25, 0.3) is 5.91 Å². The molecule has 148 valence electrons. The van der Waals surface area contributed by atoms with Crippen LogP contribution in [0.3, 0.4) is 0 Å². The number of hydrogen-bond donors (Lipinski definition) is 1. The van der Waals surface area contributed by atoms with Crippen LogP contribution in [-0.2, 0) is 17.6 Å². The maximum atomic E-state index is 12.7. The first-order valence-electron chi connectivity index (χ1n) is 8.91. The minimum atomic E-state index is -0.589. The second-order valence-electron chi connectivity index (χ2n) is 6.38. The molecule has 6 nitrogen and oxygen atoms in total. The lowest BCUT2D eigenvalue weighted by molar-refractivity contribution is -0.112. The molecule has 0 saturated heterocycles. The van der Waals surface area contributed by atoms with Crippen LogP contribution in [0.25, 0.3) is 6.08 Å². The molecule has 1 N–H and O–H groups in total. The number of carbonyl (C=O) groups is 1. The molecule has 1 aliphatic carbocycles. The molecule has 1 aromatic carbocycles. The van der Waals surface area contributed by atoms with Crippen molar-refractivity contribution < 1.29 is 14.3 Å². The summed E-state index contributed by atoms with van der Waals surface area (Å²) in [7, 11) is 2.98. The van der Waals surface area contributed by atoms with Crippen molar-refractivity contribution in [2.75, 3.05) is 19.5 Å². The molecular weight excluding hydrogens is 410 g/mol. The van der Waals surface area contributed by atoms with E-state index >= 15 is 0 Å². The number of aryl methyl sites for hydroxylation is 1. The van der Waals surface area contributed by atoms with Crippen LogP contribution in [0.15, 0.2) is 17.7 Å². The largest absolute Gasteiger partial charge is 0.493 e. The Labute approximate surface area is 177 Å². The maximum absolute atomic E-state index is 12.7. The number of methoxy groups -OCH3 is 2. The molecule has 1 aromatic heterocycles. The normalized spacial score (nSPS) is 13.1. The van der Waals surface area contributed by atoms with Crippen molar-refractivity contribution in [2.24, 2.45) is 0 Å². The third kappa shape index (κ3) is 4.22. The van der Waals surface area contributed by atoms with Gasteiger partial charge in [0.2, 0.25) is 0 Å². The number of amides is 1. The van der Waals surface area contributed by atoms with Crippen molar-refractivity contribution in [2.45, 2.75) is 25.7 Å². The molecule has 29 heavy (non-hydrogen) atoms. The maximum Gasteiger partial charge on any atom is 0.266 e. The van der Waals surface area contributed by atoms with E-state index in [2.05, 4.69) is 11.4 Å². The third-order valence-corrected chi connectivity index (χ3v) is 6.21. The number of anilines is 1. The molecule has 0 unspecified atom stereocenters. The Morgan fingerprint density at radius 2 is 1.90 bits per heavy atom. The zero-order chi connectivity index (χ0) is 21.0. The molecule has 0 fully saturated rings. The zero-order valence-electron chi connectivity index (χ0n) is 16.0. The third-order valence-electron chi connectivity index (χ3n) is 4.68. The van der Waals surface area contributed by atoms with Crippen LogP contribution < -0.4 is 14.8 Å². The van der Waals surface area contributed by atoms with Crippen molar-refractivity contribution in [3.8, 4) is 23.6 Å². The number of thiophene rings is 1. The average molecular weight is 428 g/mol. The molecule has 0 aliphatic heterocycles. The summed E-state index contributed by atoms with van der Waals surface area (Å²) in [6.07, 6.45) is 5.25. The fraction of sp³-hybridized carbons (Fsp3) is 0.286. The van der Waals surface area contributed by atoms with E-state index in [9.17, 15) is 15.3 Å². The van der Waals surface area contributed by atoms with Crippen LogP contribution in [0.1, 0.15) is 34.4 Å². The number of ether oxygens (including phenoxy) is 2. The highest BCUT2D eigenvalue weighted by molar-refractivity contribution is 7.16. The van der Waals surface area contributed by atoms with Crippen LogP contribution in [0.5, 0.6) is 11.5 Å². The Balaban J connectivity index is 1.92. The predicted octanol–water partition coefficient (Wildman–Crippen LogP) is 4.71. The summed E-state index contributed by atoms with van der Waals surface area (Å²) >= 11 is 7.67. The number of fused-ring (bicyclic) bond motifs is 1. The summed E-state index contributed by atoms with van der Waals surface area (Å²) in [5.41, 5.74) is 1.83. The van der Waals surface area contributed by atoms with E-state index in [1.54, 1.807) is 12.1 Å². The molecule has 0 atom stereocenters. The van der Waals surface area contributed by atoms with E-state index in [0.717, 1.165) is 36.1 Å². The Morgan fingerprint density at radius 3 is 2.55 bits per heavy atom. The Morgan fingerprint density at radius 1 is 1.21 bits per heavy atom. The molecule has 3 rings (SSSR count). The van der Waals surface area contributed by atoms with Gasteiger partial charge >= 0.3 is 0 Å². The fourth-order valence-corrected chi connectivity index (χ4v) is 4.67. The first-order chi connectivity index (χ1) is 14.0. The summed E-state index contributed by atoms with van der Waals surface area (Å²) in [6.45, 7) is 0. The van der Waals surface area contributed by atoms with Gasteiger partial charge < -0.3 is 14.8 Å². The van der Waals surface area contributed by atoms with Crippen LogP contribution in [0.2, 0.25) is 5.02 Å². The highest BCUT2D eigenvalue weighted by atomic mass is 35.5.